The second kappa shape index (κ2) is 13.8. The van der Waals surface area contributed by atoms with Gasteiger partial charge >= 0.3 is 0 Å². The Bertz CT molecular complexity index is 833. The van der Waals surface area contributed by atoms with E-state index in [1.165, 1.54) is 0 Å². The summed E-state index contributed by atoms with van der Waals surface area (Å²) in [5.74, 6) is 1.37. The molecule has 3 rings (SSSR count). The molecule has 1 aliphatic rings. The zero-order valence-corrected chi connectivity index (χ0v) is 20.7. The van der Waals surface area contributed by atoms with Crippen LogP contribution in [0.15, 0.2) is 42.5 Å². The predicted octanol–water partition coefficient (Wildman–Crippen LogP) is 2.97. The van der Waals surface area contributed by atoms with E-state index in [4.69, 9.17) is 9.47 Å². The summed E-state index contributed by atoms with van der Waals surface area (Å²) in [6.07, 6.45) is 0.345. The number of aliphatic hydroxyl groups excluding tert-OH is 1. The summed E-state index contributed by atoms with van der Waals surface area (Å²) in [4.78, 5) is 16.9. The van der Waals surface area contributed by atoms with Gasteiger partial charge in [0, 0.05) is 45.5 Å². The topological polar surface area (TPSA) is 65.5 Å². The Balaban J connectivity index is 0.000000273. The normalized spacial score (nSPS) is 15.2. The molecule has 7 heteroatoms. The number of amides is 1. The van der Waals surface area contributed by atoms with Crippen LogP contribution in [0.3, 0.4) is 0 Å². The SMILES string of the molecule is CCN1CCN(CC(O)COc2ccccc2OC)CC1.Cc1cccc(C)c1N(C)C=O. The molecule has 7 nitrogen and oxygen atoms in total. The Labute approximate surface area is 198 Å². The van der Waals surface area contributed by atoms with E-state index in [0.717, 1.165) is 55.9 Å². The molecule has 0 aliphatic carbocycles. The molecule has 1 amide bonds. The molecule has 1 saturated heterocycles. The van der Waals surface area contributed by atoms with E-state index >= 15 is 0 Å². The molecule has 1 atom stereocenters. The number of piperazine rings is 1. The minimum absolute atomic E-state index is 0.286. The Morgan fingerprint density at radius 2 is 1.58 bits per heavy atom. The second-order valence-electron chi connectivity index (χ2n) is 8.31. The van der Waals surface area contributed by atoms with Gasteiger partial charge in [-0.2, -0.15) is 0 Å². The molecular weight excluding hydrogens is 418 g/mol. The first kappa shape index (κ1) is 26.6. The van der Waals surface area contributed by atoms with E-state index in [-0.39, 0.29) is 6.61 Å². The van der Waals surface area contributed by atoms with Gasteiger partial charge in [-0.3, -0.25) is 9.69 Å². The number of likely N-dealkylation sites (N-methyl/N-ethyl adjacent to an activating group) is 1. The maximum Gasteiger partial charge on any atom is 0.213 e. The van der Waals surface area contributed by atoms with Crippen molar-refractivity contribution in [1.29, 1.82) is 0 Å². The van der Waals surface area contributed by atoms with Crippen LogP contribution >= 0.6 is 0 Å². The van der Waals surface area contributed by atoms with Gasteiger partial charge in [-0.1, -0.05) is 37.3 Å². The average Bonchev–Trinajstić information content (AvgIpc) is 2.83. The van der Waals surface area contributed by atoms with Crippen LogP contribution in [-0.4, -0.2) is 87.5 Å². The minimum atomic E-state index is -0.483. The lowest BCUT2D eigenvalue weighted by molar-refractivity contribution is -0.107. The number of nitrogens with zero attached hydrogens (tertiary/aromatic N) is 3. The number of ether oxygens (including phenoxy) is 2. The highest BCUT2D eigenvalue weighted by molar-refractivity contribution is 5.78. The second-order valence-corrected chi connectivity index (χ2v) is 8.31. The van der Waals surface area contributed by atoms with E-state index in [1.807, 2.05) is 56.3 Å². The number of carbonyl (C=O) groups is 1. The van der Waals surface area contributed by atoms with E-state index in [2.05, 4.69) is 16.7 Å². The van der Waals surface area contributed by atoms with Crippen molar-refractivity contribution in [2.75, 3.05) is 64.9 Å². The van der Waals surface area contributed by atoms with E-state index < -0.39 is 6.10 Å². The number of β-amino-alcohol motifs (C(OH)–C–C–N with tert-alkyl or cyclic N) is 1. The fraction of sp³-hybridized carbons (Fsp3) is 0.500. The fourth-order valence-corrected chi connectivity index (χ4v) is 3.98. The maximum absolute atomic E-state index is 10.5. The summed E-state index contributed by atoms with van der Waals surface area (Å²) < 4.78 is 10.9. The van der Waals surface area contributed by atoms with Crippen molar-refractivity contribution in [1.82, 2.24) is 9.80 Å². The summed E-state index contributed by atoms with van der Waals surface area (Å²) in [7, 11) is 3.38. The van der Waals surface area contributed by atoms with Gasteiger partial charge in [0.15, 0.2) is 11.5 Å². The summed E-state index contributed by atoms with van der Waals surface area (Å²) >= 11 is 0. The number of para-hydroxylation sites is 3. The number of hydrogen-bond acceptors (Lipinski definition) is 6. The number of hydrogen-bond donors (Lipinski definition) is 1. The molecule has 1 N–H and O–H groups in total. The quantitative estimate of drug-likeness (QED) is 0.584. The molecule has 0 bridgehead atoms. The van der Waals surface area contributed by atoms with E-state index in [1.54, 1.807) is 19.1 Å². The molecule has 0 aromatic heterocycles. The highest BCUT2D eigenvalue weighted by Gasteiger charge is 2.18. The molecule has 33 heavy (non-hydrogen) atoms. The lowest BCUT2D eigenvalue weighted by atomic mass is 10.1. The zero-order valence-electron chi connectivity index (χ0n) is 20.7. The monoisotopic (exact) mass is 457 g/mol. The molecule has 1 unspecified atom stereocenters. The number of rotatable bonds is 9. The van der Waals surface area contributed by atoms with Crippen molar-refractivity contribution >= 4 is 12.1 Å². The molecule has 2 aromatic carbocycles. The van der Waals surface area contributed by atoms with Gasteiger partial charge in [0.2, 0.25) is 6.41 Å². The first-order chi connectivity index (χ1) is 15.9. The predicted molar refractivity (Wildman–Crippen MR) is 133 cm³/mol. The number of methoxy groups -OCH3 is 1. The summed E-state index contributed by atoms with van der Waals surface area (Å²) in [6, 6.07) is 13.5. The van der Waals surface area contributed by atoms with Crippen molar-refractivity contribution in [3.8, 4) is 11.5 Å². The van der Waals surface area contributed by atoms with Crippen LogP contribution in [0.4, 0.5) is 5.69 Å². The van der Waals surface area contributed by atoms with Gasteiger partial charge in [0.25, 0.3) is 0 Å². The summed E-state index contributed by atoms with van der Waals surface area (Å²) in [5, 5.41) is 10.1. The fourth-order valence-electron chi connectivity index (χ4n) is 3.98. The maximum atomic E-state index is 10.5. The van der Waals surface area contributed by atoms with Crippen LogP contribution < -0.4 is 14.4 Å². The van der Waals surface area contributed by atoms with E-state index in [9.17, 15) is 9.90 Å². The number of benzene rings is 2. The number of aryl methyl sites for hydroxylation is 2. The molecule has 2 aromatic rings. The Hall–Kier alpha value is -2.61. The average molecular weight is 458 g/mol. The molecule has 0 saturated carbocycles. The van der Waals surface area contributed by atoms with Gasteiger partial charge < -0.3 is 24.4 Å². The Morgan fingerprint density at radius 3 is 2.12 bits per heavy atom. The third-order valence-electron chi connectivity index (χ3n) is 5.83. The van der Waals surface area contributed by atoms with Crippen LogP contribution in [0.2, 0.25) is 0 Å². The largest absolute Gasteiger partial charge is 0.493 e. The van der Waals surface area contributed by atoms with Gasteiger partial charge in [0.05, 0.1) is 7.11 Å². The van der Waals surface area contributed by atoms with E-state index in [0.29, 0.717) is 18.0 Å². The number of anilines is 1. The number of carbonyl (C=O) groups excluding carboxylic acids is 1. The van der Waals surface area contributed by atoms with Crippen molar-refractivity contribution in [3.63, 3.8) is 0 Å². The third-order valence-corrected chi connectivity index (χ3v) is 5.83. The van der Waals surface area contributed by atoms with Crippen LogP contribution in [0.5, 0.6) is 11.5 Å². The van der Waals surface area contributed by atoms with Crippen molar-refractivity contribution in [2.24, 2.45) is 0 Å². The lowest BCUT2D eigenvalue weighted by Gasteiger charge is -2.34. The first-order valence-electron chi connectivity index (χ1n) is 11.5. The standard InChI is InChI=1S/C16H26N2O3.C10H13NO/c1-3-17-8-10-18(11-9-17)12-14(19)13-21-16-7-5-4-6-15(16)20-2;1-8-5-4-6-9(2)10(8)11(3)7-12/h4-7,14,19H,3,8-13H2,1-2H3;4-7H,1-3H3. The van der Waals surface area contributed by atoms with Crippen molar-refractivity contribution in [3.05, 3.63) is 53.6 Å². The van der Waals surface area contributed by atoms with Gasteiger partial charge in [-0.05, 0) is 43.7 Å². The van der Waals surface area contributed by atoms with Gasteiger partial charge in [-0.25, -0.2) is 0 Å². The van der Waals surface area contributed by atoms with Crippen LogP contribution in [-0.2, 0) is 4.79 Å². The van der Waals surface area contributed by atoms with Gasteiger partial charge in [0.1, 0.15) is 12.7 Å². The van der Waals surface area contributed by atoms with Gasteiger partial charge in [-0.15, -0.1) is 0 Å². The smallest absolute Gasteiger partial charge is 0.213 e. The first-order valence-corrected chi connectivity index (χ1v) is 11.5. The van der Waals surface area contributed by atoms with Crippen molar-refractivity contribution in [2.45, 2.75) is 26.9 Å². The molecule has 182 valence electrons. The molecular formula is C26H39N3O4. The van der Waals surface area contributed by atoms with Crippen LogP contribution in [0, 0.1) is 13.8 Å². The van der Waals surface area contributed by atoms with Crippen molar-refractivity contribution < 1.29 is 19.4 Å². The summed E-state index contributed by atoms with van der Waals surface area (Å²) in [5.41, 5.74) is 3.27. The molecule has 1 heterocycles. The third kappa shape index (κ3) is 8.35. The van der Waals surface area contributed by atoms with Crippen LogP contribution in [0.1, 0.15) is 18.1 Å². The zero-order chi connectivity index (χ0) is 24.2. The highest BCUT2D eigenvalue weighted by Crippen LogP contribution is 2.26. The minimum Gasteiger partial charge on any atom is -0.493 e. The highest BCUT2D eigenvalue weighted by atomic mass is 16.5. The molecule has 0 radical (unpaired) electrons. The Morgan fingerprint density at radius 1 is 1.00 bits per heavy atom. The lowest BCUT2D eigenvalue weighted by Crippen LogP contribution is -2.49. The summed E-state index contributed by atoms with van der Waals surface area (Å²) in [6.45, 7) is 12.4. The molecule has 1 aliphatic heterocycles. The number of aliphatic hydroxyl groups is 1. The molecule has 0 spiro atoms. The van der Waals surface area contributed by atoms with Crippen LogP contribution in [0.25, 0.3) is 0 Å². The molecule has 1 fully saturated rings. The Kier molecular flexibility index (Phi) is 11.2.